The SMILES string of the molecule is Cc1ccc(C(=O)NC(=S)Nc2cccc(NC(=O)c3ccc(C(C)(C)C)cc3)c2)c(Cl)c1. The zero-order valence-electron chi connectivity index (χ0n) is 19.0. The molecule has 0 aliphatic carbocycles. The van der Waals surface area contributed by atoms with Gasteiger partial charge in [-0.25, -0.2) is 0 Å². The Morgan fingerprint density at radius 2 is 1.48 bits per heavy atom. The second-order valence-corrected chi connectivity index (χ2v) is 9.57. The number of carbonyl (C=O) groups is 2. The summed E-state index contributed by atoms with van der Waals surface area (Å²) in [7, 11) is 0. The zero-order chi connectivity index (χ0) is 24.2. The lowest BCUT2D eigenvalue weighted by Gasteiger charge is -2.19. The van der Waals surface area contributed by atoms with Gasteiger partial charge in [-0.2, -0.15) is 0 Å². The molecule has 33 heavy (non-hydrogen) atoms. The summed E-state index contributed by atoms with van der Waals surface area (Å²) >= 11 is 11.4. The lowest BCUT2D eigenvalue weighted by Crippen LogP contribution is -2.34. The number of anilines is 2. The highest BCUT2D eigenvalue weighted by Gasteiger charge is 2.15. The first-order valence-electron chi connectivity index (χ1n) is 10.4. The van der Waals surface area contributed by atoms with Gasteiger partial charge in [0.1, 0.15) is 0 Å². The van der Waals surface area contributed by atoms with Crippen LogP contribution in [0.4, 0.5) is 11.4 Å². The Bertz CT molecular complexity index is 1200. The summed E-state index contributed by atoms with van der Waals surface area (Å²) < 4.78 is 0. The van der Waals surface area contributed by atoms with E-state index >= 15 is 0 Å². The Hall–Kier alpha value is -3.22. The molecule has 0 heterocycles. The molecule has 0 saturated heterocycles. The van der Waals surface area contributed by atoms with Gasteiger partial charge < -0.3 is 10.6 Å². The van der Waals surface area contributed by atoms with Gasteiger partial charge in [-0.05, 0) is 78.1 Å². The molecule has 170 valence electrons. The van der Waals surface area contributed by atoms with E-state index in [-0.39, 0.29) is 16.4 Å². The van der Waals surface area contributed by atoms with Crippen molar-refractivity contribution in [2.24, 2.45) is 0 Å². The molecule has 7 heteroatoms. The fourth-order valence-corrected chi connectivity index (χ4v) is 3.67. The van der Waals surface area contributed by atoms with Crippen LogP contribution in [0.3, 0.4) is 0 Å². The van der Waals surface area contributed by atoms with E-state index in [2.05, 4.69) is 36.7 Å². The van der Waals surface area contributed by atoms with Crippen LogP contribution in [0.5, 0.6) is 0 Å². The van der Waals surface area contributed by atoms with Crippen LogP contribution in [0.2, 0.25) is 5.02 Å². The third kappa shape index (κ3) is 6.63. The average molecular weight is 480 g/mol. The van der Waals surface area contributed by atoms with Crippen molar-refractivity contribution in [3.05, 3.63) is 94.0 Å². The Morgan fingerprint density at radius 3 is 2.09 bits per heavy atom. The van der Waals surface area contributed by atoms with Crippen LogP contribution >= 0.6 is 23.8 Å². The van der Waals surface area contributed by atoms with E-state index < -0.39 is 5.91 Å². The van der Waals surface area contributed by atoms with Crippen LogP contribution in [0.15, 0.2) is 66.7 Å². The Morgan fingerprint density at radius 1 is 0.848 bits per heavy atom. The minimum Gasteiger partial charge on any atom is -0.332 e. The van der Waals surface area contributed by atoms with Gasteiger partial charge in [0.05, 0.1) is 10.6 Å². The molecule has 5 nitrogen and oxygen atoms in total. The smallest absolute Gasteiger partial charge is 0.258 e. The average Bonchev–Trinajstić information content (AvgIpc) is 2.73. The highest BCUT2D eigenvalue weighted by molar-refractivity contribution is 7.80. The molecule has 3 aromatic rings. The van der Waals surface area contributed by atoms with Gasteiger partial charge >= 0.3 is 0 Å². The summed E-state index contributed by atoms with van der Waals surface area (Å²) in [5.74, 6) is -0.613. The van der Waals surface area contributed by atoms with Gasteiger partial charge in [0.25, 0.3) is 11.8 Å². The van der Waals surface area contributed by atoms with Crippen molar-refractivity contribution in [3.8, 4) is 0 Å². The number of thiocarbonyl (C=S) groups is 1. The first-order valence-corrected chi connectivity index (χ1v) is 11.2. The Balaban J connectivity index is 1.62. The number of amides is 2. The monoisotopic (exact) mass is 479 g/mol. The molecule has 3 rings (SSSR count). The predicted octanol–water partition coefficient (Wildman–Crippen LogP) is 6.33. The first kappa shape index (κ1) is 24.4. The number of halogens is 1. The normalized spacial score (nSPS) is 10.9. The molecule has 3 aromatic carbocycles. The summed E-state index contributed by atoms with van der Waals surface area (Å²) in [6.07, 6.45) is 0. The number of carbonyl (C=O) groups excluding carboxylic acids is 2. The van der Waals surface area contributed by atoms with E-state index in [4.69, 9.17) is 23.8 Å². The maximum Gasteiger partial charge on any atom is 0.258 e. The van der Waals surface area contributed by atoms with E-state index in [1.165, 1.54) is 0 Å². The summed E-state index contributed by atoms with van der Waals surface area (Å²) in [5, 5.41) is 8.94. The molecule has 0 saturated carbocycles. The fourth-order valence-electron chi connectivity index (χ4n) is 3.14. The van der Waals surface area contributed by atoms with Crippen LogP contribution in [-0.4, -0.2) is 16.9 Å². The number of rotatable bonds is 4. The molecule has 0 radical (unpaired) electrons. The minimum atomic E-state index is -0.402. The number of nitrogens with one attached hydrogen (secondary N) is 3. The van der Waals surface area contributed by atoms with Crippen molar-refractivity contribution in [2.45, 2.75) is 33.1 Å². The van der Waals surface area contributed by atoms with Gasteiger partial charge in [-0.3, -0.25) is 14.9 Å². The van der Waals surface area contributed by atoms with Gasteiger partial charge in [-0.15, -0.1) is 0 Å². The lowest BCUT2D eigenvalue weighted by molar-refractivity contribution is 0.0976. The van der Waals surface area contributed by atoms with Crippen molar-refractivity contribution in [1.82, 2.24) is 5.32 Å². The molecular formula is C26H26ClN3O2S. The summed E-state index contributed by atoms with van der Waals surface area (Å²) in [6.45, 7) is 8.28. The van der Waals surface area contributed by atoms with Gasteiger partial charge in [0.2, 0.25) is 0 Å². The summed E-state index contributed by atoms with van der Waals surface area (Å²) in [4.78, 5) is 25.1. The molecule has 2 amide bonds. The fraction of sp³-hybridized carbons (Fsp3) is 0.192. The molecule has 0 aliphatic heterocycles. The van der Waals surface area contributed by atoms with E-state index in [1.807, 2.05) is 31.2 Å². The minimum absolute atomic E-state index is 0.0215. The van der Waals surface area contributed by atoms with Crippen molar-refractivity contribution < 1.29 is 9.59 Å². The van der Waals surface area contributed by atoms with Crippen molar-refractivity contribution in [1.29, 1.82) is 0 Å². The molecular weight excluding hydrogens is 454 g/mol. The third-order valence-corrected chi connectivity index (χ3v) is 5.50. The van der Waals surface area contributed by atoms with Crippen molar-refractivity contribution in [3.63, 3.8) is 0 Å². The standard InChI is InChI=1S/C26H26ClN3O2S/c1-16-8-13-21(22(27)14-16)24(32)30-25(33)29-20-7-5-6-19(15-20)28-23(31)17-9-11-18(12-10-17)26(2,3)4/h5-15H,1-4H3,(H,28,31)(H2,29,30,32,33). The Kier molecular flexibility index (Phi) is 7.51. The quantitative estimate of drug-likeness (QED) is 0.382. The molecule has 0 atom stereocenters. The Labute approximate surface area is 204 Å². The molecule has 0 fully saturated rings. The molecule has 0 aliphatic rings. The van der Waals surface area contributed by atoms with Gasteiger partial charge in [-0.1, -0.05) is 56.6 Å². The molecule has 0 bridgehead atoms. The predicted molar refractivity (Wildman–Crippen MR) is 139 cm³/mol. The molecule has 0 aromatic heterocycles. The van der Waals surface area contributed by atoms with Crippen LogP contribution in [0.25, 0.3) is 0 Å². The number of aryl methyl sites for hydroxylation is 1. The number of hydrogen-bond donors (Lipinski definition) is 3. The van der Waals surface area contributed by atoms with E-state index in [0.29, 0.717) is 27.5 Å². The van der Waals surface area contributed by atoms with Gasteiger partial charge in [0.15, 0.2) is 5.11 Å². The van der Waals surface area contributed by atoms with Crippen LogP contribution in [-0.2, 0) is 5.41 Å². The first-order chi connectivity index (χ1) is 15.5. The maximum absolute atomic E-state index is 12.6. The highest BCUT2D eigenvalue weighted by Crippen LogP contribution is 2.23. The van der Waals surface area contributed by atoms with Crippen LogP contribution in [0.1, 0.15) is 52.6 Å². The molecule has 0 spiro atoms. The van der Waals surface area contributed by atoms with Gasteiger partial charge in [0, 0.05) is 16.9 Å². The zero-order valence-corrected chi connectivity index (χ0v) is 20.5. The second kappa shape index (κ2) is 10.1. The van der Waals surface area contributed by atoms with E-state index in [0.717, 1.165) is 11.1 Å². The van der Waals surface area contributed by atoms with Crippen molar-refractivity contribution in [2.75, 3.05) is 10.6 Å². The summed E-state index contributed by atoms with van der Waals surface area (Å²) in [6, 6.07) is 19.8. The molecule has 0 unspecified atom stereocenters. The largest absolute Gasteiger partial charge is 0.332 e. The van der Waals surface area contributed by atoms with E-state index in [9.17, 15) is 9.59 Å². The second-order valence-electron chi connectivity index (χ2n) is 8.75. The van der Waals surface area contributed by atoms with Crippen LogP contribution < -0.4 is 16.0 Å². The summed E-state index contributed by atoms with van der Waals surface area (Å²) in [5.41, 5.74) is 4.27. The van der Waals surface area contributed by atoms with E-state index in [1.54, 1.807) is 42.5 Å². The highest BCUT2D eigenvalue weighted by atomic mass is 35.5. The molecule has 3 N–H and O–H groups in total. The third-order valence-electron chi connectivity index (χ3n) is 4.99. The van der Waals surface area contributed by atoms with Crippen LogP contribution in [0, 0.1) is 6.92 Å². The number of benzene rings is 3. The topological polar surface area (TPSA) is 70.2 Å². The van der Waals surface area contributed by atoms with Crippen molar-refractivity contribution >= 4 is 52.1 Å². The lowest BCUT2D eigenvalue weighted by atomic mass is 9.87. The number of hydrogen-bond acceptors (Lipinski definition) is 3. The maximum atomic E-state index is 12.6.